The maximum atomic E-state index is 14.9. The lowest BCUT2D eigenvalue weighted by atomic mass is 9.83. The second-order valence-electron chi connectivity index (χ2n) is 19.4. The molecule has 2 aromatic heterocycles. The SMILES string of the molecule is CC(=O)N[C@H](CCCN=C(N)N)C(=O)N[C@H]1CCCNC(=O)CC[C@@H](C(N)=O)NC(=O)[C@H](Cc2c[nH]c3ccccc23)CC(=O)[C@H](CCCN=C(N)N)CC(=O)[C@@H](Cc2ccc(C#N)cc2)NC(=O)[C@H](Cc2cnc[nH]2)NC1=O. The highest BCUT2D eigenvalue weighted by Gasteiger charge is 2.35. The van der Waals surface area contributed by atoms with E-state index in [0.717, 1.165) is 10.9 Å². The fraction of sp³-hybridized carbons (Fsp3) is 0.453. The van der Waals surface area contributed by atoms with Crippen LogP contribution in [-0.4, -0.2) is 130 Å². The predicted molar refractivity (Wildman–Crippen MR) is 291 cm³/mol. The largest absolute Gasteiger partial charge is 0.370 e. The van der Waals surface area contributed by atoms with Crippen molar-refractivity contribution in [2.45, 2.75) is 121 Å². The Labute approximate surface area is 456 Å². The smallest absolute Gasteiger partial charge is 0.243 e. The van der Waals surface area contributed by atoms with E-state index in [-0.39, 0.29) is 102 Å². The van der Waals surface area contributed by atoms with E-state index >= 15 is 0 Å². The maximum Gasteiger partial charge on any atom is 0.243 e. The van der Waals surface area contributed by atoms with Crippen molar-refractivity contribution >= 4 is 75.7 Å². The molecule has 26 heteroatoms. The standard InChI is InChI=1S/C53H71N17O9/c1-30(71)66-40(10-6-20-63-53(58)59)49(77)68-41-11-5-18-61-46(74)17-16-39(47(55)75)67-48(76)34(22-35-27-64-38-9-3-2-8-37(35)38)24-44(72)33(7-4-19-62-52(56)57)23-45(73)42(21-31-12-14-32(26-54)15-13-31)69-51(79)43(70-50(41)78)25-36-28-60-29-65-36/h2-3,8-9,12-15,27-29,33-34,39-43,64H,4-7,10-11,16-25H2,1H3,(H2,55,75)(H,60,65)(H,61,74)(H,66,71)(H,67,76)(H,68,77)(H,69,79)(H,70,78)(H4,56,57,62)(H4,58,59,63)/t33-,34-,39+,40-,41+,42-,43+/m1/s1. The first kappa shape index (κ1) is 60.7. The third-order valence-electron chi connectivity index (χ3n) is 13.3. The van der Waals surface area contributed by atoms with Crippen LogP contribution in [0.25, 0.3) is 10.9 Å². The van der Waals surface area contributed by atoms with Gasteiger partial charge >= 0.3 is 0 Å². The van der Waals surface area contributed by atoms with Gasteiger partial charge in [-0.3, -0.25) is 53.1 Å². The lowest BCUT2D eigenvalue weighted by Gasteiger charge is -2.27. The molecule has 0 bridgehead atoms. The summed E-state index contributed by atoms with van der Waals surface area (Å²) >= 11 is 0. The number of carbonyl (C=O) groups is 9. The van der Waals surface area contributed by atoms with Crippen LogP contribution in [-0.2, 0) is 62.4 Å². The molecule has 1 aliphatic rings. The molecule has 1 fully saturated rings. The molecule has 0 radical (unpaired) electrons. The van der Waals surface area contributed by atoms with Crippen LogP contribution in [0.2, 0.25) is 0 Å². The number of hydrogen-bond acceptors (Lipinski definition) is 13. The van der Waals surface area contributed by atoms with Crippen LogP contribution in [0.5, 0.6) is 0 Å². The van der Waals surface area contributed by atoms with Gasteiger partial charge in [0.2, 0.25) is 41.4 Å². The van der Waals surface area contributed by atoms with Gasteiger partial charge in [-0.05, 0) is 87.1 Å². The number of aliphatic imine (C=N–C) groups is 2. The number of imidazole rings is 1. The number of nitrogens with one attached hydrogen (secondary N) is 8. The second kappa shape index (κ2) is 30.6. The number of hydrogen-bond donors (Lipinski definition) is 13. The summed E-state index contributed by atoms with van der Waals surface area (Å²) in [4.78, 5) is 144. The van der Waals surface area contributed by atoms with E-state index in [1.165, 1.54) is 19.4 Å². The molecule has 4 aromatic rings. The summed E-state index contributed by atoms with van der Waals surface area (Å²) in [5.74, 6) is -8.82. The highest BCUT2D eigenvalue weighted by molar-refractivity contribution is 5.98. The molecule has 79 heavy (non-hydrogen) atoms. The van der Waals surface area contributed by atoms with Gasteiger partial charge in [-0.25, -0.2) is 4.98 Å². The van der Waals surface area contributed by atoms with Crippen LogP contribution in [0.1, 0.15) is 93.5 Å². The quantitative estimate of drug-likeness (QED) is 0.0312. The summed E-state index contributed by atoms with van der Waals surface area (Å²) in [6.07, 6.45) is 3.39. The monoisotopic (exact) mass is 1090 g/mol. The number of aromatic amines is 2. The van der Waals surface area contributed by atoms with Gasteiger partial charge in [0.1, 0.15) is 30.0 Å². The zero-order chi connectivity index (χ0) is 57.4. The van der Waals surface area contributed by atoms with Crippen molar-refractivity contribution in [1.29, 1.82) is 5.26 Å². The Morgan fingerprint density at radius 2 is 1.48 bits per heavy atom. The van der Waals surface area contributed by atoms with Crippen molar-refractivity contribution in [3.63, 3.8) is 0 Å². The first-order valence-electron chi connectivity index (χ1n) is 26.0. The van der Waals surface area contributed by atoms with Gasteiger partial charge < -0.3 is 70.5 Å². The fourth-order valence-electron chi connectivity index (χ4n) is 9.14. The zero-order valence-electron chi connectivity index (χ0n) is 44.1. The Bertz CT molecular complexity index is 2870. The number of nitrogens with zero attached hydrogens (tertiary/aromatic N) is 4. The molecule has 1 saturated heterocycles. The molecule has 422 valence electrons. The average Bonchev–Trinajstić information content (AvgIpc) is 4.15. The van der Waals surface area contributed by atoms with Crippen molar-refractivity contribution in [3.05, 3.63) is 89.6 Å². The third-order valence-corrected chi connectivity index (χ3v) is 13.3. The fourth-order valence-corrected chi connectivity index (χ4v) is 9.14. The number of carbonyl (C=O) groups excluding carboxylic acids is 9. The number of fused-ring (bicyclic) bond motifs is 1. The molecule has 0 spiro atoms. The van der Waals surface area contributed by atoms with Gasteiger partial charge in [0, 0.05) is 93.1 Å². The van der Waals surface area contributed by atoms with Crippen LogP contribution in [0, 0.1) is 23.2 Å². The van der Waals surface area contributed by atoms with E-state index in [1.54, 1.807) is 30.5 Å². The number of guanidine groups is 2. The first-order chi connectivity index (χ1) is 37.8. The van der Waals surface area contributed by atoms with Crippen LogP contribution < -0.4 is 60.6 Å². The number of rotatable bonds is 18. The molecular weight excluding hydrogens is 1020 g/mol. The molecular formula is C53H71N17O9. The van der Waals surface area contributed by atoms with Crippen molar-refractivity contribution < 1.29 is 43.2 Å². The van der Waals surface area contributed by atoms with E-state index in [1.807, 2.05) is 30.3 Å². The number of para-hydroxylation sites is 1. The Morgan fingerprint density at radius 1 is 0.785 bits per heavy atom. The van der Waals surface area contributed by atoms with Crippen molar-refractivity contribution in [2.75, 3.05) is 19.6 Å². The average molecular weight is 1090 g/mol. The van der Waals surface area contributed by atoms with Crippen LogP contribution in [0.3, 0.4) is 0 Å². The number of amides is 7. The molecule has 18 N–H and O–H groups in total. The molecule has 26 nitrogen and oxygen atoms in total. The number of ketones is 2. The number of benzene rings is 2. The molecule has 5 rings (SSSR count). The first-order valence-corrected chi connectivity index (χ1v) is 26.0. The van der Waals surface area contributed by atoms with E-state index in [4.69, 9.17) is 28.7 Å². The predicted octanol–water partition coefficient (Wildman–Crippen LogP) is -1.33. The van der Waals surface area contributed by atoms with Crippen LogP contribution in [0.4, 0.5) is 0 Å². The summed E-state index contributed by atoms with van der Waals surface area (Å²) in [6, 6.07) is 9.03. The Kier molecular flexibility index (Phi) is 23.5. The Balaban J connectivity index is 1.56. The van der Waals surface area contributed by atoms with Gasteiger partial charge in [-0.2, -0.15) is 5.26 Å². The van der Waals surface area contributed by atoms with Gasteiger partial charge in [0.05, 0.1) is 24.0 Å². The number of aromatic nitrogens is 3. The molecule has 7 atom stereocenters. The number of nitriles is 1. The van der Waals surface area contributed by atoms with Gasteiger partial charge in [-0.15, -0.1) is 0 Å². The Hall–Kier alpha value is -9.15. The molecule has 0 saturated carbocycles. The summed E-state index contributed by atoms with van der Waals surface area (Å²) in [6.45, 7) is 1.38. The highest BCUT2D eigenvalue weighted by Crippen LogP contribution is 2.26. The minimum Gasteiger partial charge on any atom is -0.370 e. The summed E-state index contributed by atoms with van der Waals surface area (Å²) in [7, 11) is 0. The van der Waals surface area contributed by atoms with Gasteiger partial charge in [-0.1, -0.05) is 30.3 Å². The molecule has 2 aromatic carbocycles. The number of nitrogens with two attached hydrogens (primary N) is 5. The number of primary amides is 1. The molecule has 3 heterocycles. The van der Waals surface area contributed by atoms with E-state index in [2.05, 4.69) is 56.8 Å². The van der Waals surface area contributed by atoms with Crippen LogP contribution >= 0.6 is 0 Å². The normalized spacial score (nSPS) is 20.7. The molecule has 1 aliphatic heterocycles. The minimum absolute atomic E-state index is 0.0117. The summed E-state index contributed by atoms with van der Waals surface area (Å²) in [5, 5.41) is 26.5. The molecule has 0 aliphatic carbocycles. The van der Waals surface area contributed by atoms with Crippen LogP contribution in [0.15, 0.2) is 77.2 Å². The zero-order valence-corrected chi connectivity index (χ0v) is 44.1. The minimum atomic E-state index is -1.44. The lowest BCUT2D eigenvalue weighted by molar-refractivity contribution is -0.135. The van der Waals surface area contributed by atoms with Crippen molar-refractivity contribution in [3.8, 4) is 6.07 Å². The van der Waals surface area contributed by atoms with E-state index in [9.17, 15) is 48.4 Å². The molecule has 0 unspecified atom stereocenters. The van der Waals surface area contributed by atoms with E-state index < -0.39 is 108 Å². The second-order valence-corrected chi connectivity index (χ2v) is 19.4. The van der Waals surface area contributed by atoms with Gasteiger partial charge in [0.25, 0.3) is 0 Å². The third kappa shape index (κ3) is 20.1. The lowest BCUT2D eigenvalue weighted by Crippen LogP contribution is -2.58. The summed E-state index contributed by atoms with van der Waals surface area (Å²) < 4.78 is 0. The molecule has 7 amide bonds. The topological polar surface area (TPSA) is 449 Å². The number of Topliss-reactive ketones (excluding diaryl/α,β-unsaturated/α-hetero) is 2. The van der Waals surface area contributed by atoms with E-state index in [0.29, 0.717) is 22.4 Å². The van der Waals surface area contributed by atoms with Gasteiger partial charge in [0.15, 0.2) is 17.7 Å². The Morgan fingerprint density at radius 3 is 2.15 bits per heavy atom. The maximum absolute atomic E-state index is 14.9. The van der Waals surface area contributed by atoms with Crippen molar-refractivity contribution in [1.82, 2.24) is 46.9 Å². The highest BCUT2D eigenvalue weighted by atomic mass is 16.2. The number of H-pyrrole nitrogens is 2. The summed E-state index contributed by atoms with van der Waals surface area (Å²) in [5.41, 5.74) is 30.7. The van der Waals surface area contributed by atoms with Crippen molar-refractivity contribution in [2.24, 2.45) is 50.5 Å².